The number of rotatable bonds is 3. The minimum atomic E-state index is -0.805. The van der Waals surface area contributed by atoms with E-state index < -0.39 is 12.0 Å². The molecular formula is C14H19NO4. The highest BCUT2D eigenvalue weighted by molar-refractivity contribution is 5.73. The molecule has 0 aromatic heterocycles. The van der Waals surface area contributed by atoms with Crippen LogP contribution in [0, 0.1) is 0 Å². The van der Waals surface area contributed by atoms with Crippen molar-refractivity contribution in [2.45, 2.75) is 38.3 Å². The van der Waals surface area contributed by atoms with Gasteiger partial charge in [-0.25, -0.2) is 0 Å². The summed E-state index contributed by atoms with van der Waals surface area (Å²) >= 11 is 0. The van der Waals surface area contributed by atoms with Gasteiger partial charge in [-0.2, -0.15) is 0 Å². The summed E-state index contributed by atoms with van der Waals surface area (Å²) in [5.74, 6) is -0.791. The van der Waals surface area contributed by atoms with Gasteiger partial charge in [-0.3, -0.25) is 9.69 Å². The second kappa shape index (κ2) is 5.93. The Kier molecular flexibility index (Phi) is 4.27. The third-order valence-electron chi connectivity index (χ3n) is 3.59. The van der Waals surface area contributed by atoms with Gasteiger partial charge in [0, 0.05) is 18.2 Å². The van der Waals surface area contributed by atoms with Crippen molar-refractivity contribution in [2.75, 3.05) is 6.54 Å². The van der Waals surface area contributed by atoms with Crippen molar-refractivity contribution >= 4 is 5.97 Å². The Labute approximate surface area is 112 Å². The Balaban J connectivity index is 2.16. The summed E-state index contributed by atoms with van der Waals surface area (Å²) in [4.78, 5) is 13.2. The summed E-state index contributed by atoms with van der Waals surface area (Å²) in [5.41, 5.74) is 0.644. The Bertz CT molecular complexity index is 461. The maximum atomic E-state index is 11.3. The van der Waals surface area contributed by atoms with E-state index in [9.17, 15) is 20.1 Å². The lowest BCUT2D eigenvalue weighted by Crippen LogP contribution is -2.40. The molecule has 104 valence electrons. The van der Waals surface area contributed by atoms with E-state index in [4.69, 9.17) is 0 Å². The first-order valence-corrected chi connectivity index (χ1v) is 6.55. The van der Waals surface area contributed by atoms with Crippen molar-refractivity contribution in [3.8, 4) is 11.5 Å². The molecule has 0 spiro atoms. The third kappa shape index (κ3) is 3.38. The second-order valence-corrected chi connectivity index (χ2v) is 4.99. The first-order chi connectivity index (χ1) is 9.08. The smallest absolute Gasteiger partial charge is 0.320 e. The largest absolute Gasteiger partial charge is 0.508 e. The quantitative estimate of drug-likeness (QED) is 0.778. The lowest BCUT2D eigenvalue weighted by atomic mass is 10.1. The van der Waals surface area contributed by atoms with Crippen molar-refractivity contribution in [1.82, 2.24) is 4.90 Å². The molecule has 0 radical (unpaired) electrons. The van der Waals surface area contributed by atoms with Crippen LogP contribution in [0.4, 0.5) is 0 Å². The fourth-order valence-corrected chi connectivity index (χ4v) is 2.54. The summed E-state index contributed by atoms with van der Waals surface area (Å²) in [6.45, 7) is 1.11. The number of aliphatic carboxylic acids is 1. The van der Waals surface area contributed by atoms with Gasteiger partial charge in [-0.05, 0) is 25.5 Å². The topological polar surface area (TPSA) is 81.0 Å². The Morgan fingerprint density at radius 2 is 2.05 bits per heavy atom. The molecule has 5 heteroatoms. The summed E-state index contributed by atoms with van der Waals surface area (Å²) in [6.07, 6.45) is 3.59. The molecule has 1 fully saturated rings. The highest BCUT2D eigenvalue weighted by Gasteiger charge is 2.27. The van der Waals surface area contributed by atoms with E-state index in [0.29, 0.717) is 18.5 Å². The van der Waals surface area contributed by atoms with Crippen LogP contribution in [0.1, 0.15) is 31.2 Å². The van der Waals surface area contributed by atoms with Gasteiger partial charge in [0.05, 0.1) is 0 Å². The van der Waals surface area contributed by atoms with Crippen molar-refractivity contribution in [1.29, 1.82) is 0 Å². The number of nitrogens with zero attached hydrogens (tertiary/aromatic N) is 1. The van der Waals surface area contributed by atoms with Crippen LogP contribution in [0.3, 0.4) is 0 Å². The molecule has 3 N–H and O–H groups in total. The predicted molar refractivity (Wildman–Crippen MR) is 70.1 cm³/mol. The number of hydrogen-bond acceptors (Lipinski definition) is 4. The molecule has 0 amide bonds. The number of likely N-dealkylation sites (tertiary alicyclic amines) is 1. The number of carbonyl (C=O) groups is 1. The van der Waals surface area contributed by atoms with Gasteiger partial charge < -0.3 is 15.3 Å². The van der Waals surface area contributed by atoms with Crippen LogP contribution in [0.25, 0.3) is 0 Å². The molecule has 1 aliphatic heterocycles. The number of hydrogen-bond donors (Lipinski definition) is 3. The summed E-state index contributed by atoms with van der Waals surface area (Å²) in [5, 5.41) is 28.3. The molecule has 1 aromatic carbocycles. The molecule has 1 saturated heterocycles. The standard InChI is InChI=1S/C14H19NO4/c16-11-6-5-10(13(17)8-11)9-15-7-3-1-2-4-12(15)14(18)19/h5-6,8,12,16-17H,1-4,7,9H2,(H,18,19). The SMILES string of the molecule is O=C(O)C1CCCCCN1Cc1ccc(O)cc1O. The van der Waals surface area contributed by atoms with E-state index >= 15 is 0 Å². The van der Waals surface area contributed by atoms with E-state index in [1.807, 2.05) is 4.90 Å². The lowest BCUT2D eigenvalue weighted by molar-refractivity contribution is -0.143. The van der Waals surface area contributed by atoms with Gasteiger partial charge in [-0.15, -0.1) is 0 Å². The normalized spacial score (nSPS) is 20.9. The Morgan fingerprint density at radius 3 is 2.74 bits per heavy atom. The van der Waals surface area contributed by atoms with Crippen LogP contribution in [0.2, 0.25) is 0 Å². The lowest BCUT2D eigenvalue weighted by Gasteiger charge is -2.26. The summed E-state index contributed by atoms with van der Waals surface area (Å²) in [6, 6.07) is 3.93. The van der Waals surface area contributed by atoms with E-state index in [-0.39, 0.29) is 11.5 Å². The highest BCUT2D eigenvalue weighted by atomic mass is 16.4. The molecule has 2 rings (SSSR count). The number of carboxylic acids is 1. The zero-order valence-corrected chi connectivity index (χ0v) is 10.7. The number of phenolic OH excluding ortho intramolecular Hbond substituents is 2. The maximum absolute atomic E-state index is 11.3. The molecule has 1 heterocycles. The van der Waals surface area contributed by atoms with Crippen molar-refractivity contribution in [3.63, 3.8) is 0 Å². The van der Waals surface area contributed by atoms with Crippen molar-refractivity contribution in [2.24, 2.45) is 0 Å². The fourth-order valence-electron chi connectivity index (χ4n) is 2.54. The molecule has 1 aliphatic rings. The molecular weight excluding hydrogens is 246 g/mol. The fraction of sp³-hybridized carbons (Fsp3) is 0.500. The van der Waals surface area contributed by atoms with Crippen LogP contribution in [-0.2, 0) is 11.3 Å². The van der Waals surface area contributed by atoms with Gasteiger partial charge in [0.1, 0.15) is 17.5 Å². The number of benzene rings is 1. The van der Waals surface area contributed by atoms with E-state index in [1.54, 1.807) is 6.07 Å². The van der Waals surface area contributed by atoms with Gasteiger partial charge in [0.15, 0.2) is 0 Å². The van der Waals surface area contributed by atoms with Gasteiger partial charge in [0.2, 0.25) is 0 Å². The van der Waals surface area contributed by atoms with Crippen LogP contribution < -0.4 is 0 Å². The number of phenols is 2. The molecule has 0 bridgehead atoms. The Morgan fingerprint density at radius 1 is 1.26 bits per heavy atom. The van der Waals surface area contributed by atoms with Crippen LogP contribution in [-0.4, -0.2) is 38.8 Å². The van der Waals surface area contributed by atoms with Crippen molar-refractivity contribution < 1.29 is 20.1 Å². The molecule has 0 aliphatic carbocycles. The maximum Gasteiger partial charge on any atom is 0.320 e. The van der Waals surface area contributed by atoms with Crippen LogP contribution >= 0.6 is 0 Å². The average molecular weight is 265 g/mol. The third-order valence-corrected chi connectivity index (χ3v) is 3.59. The number of aromatic hydroxyl groups is 2. The average Bonchev–Trinajstić information content (AvgIpc) is 2.58. The first-order valence-electron chi connectivity index (χ1n) is 6.55. The zero-order valence-electron chi connectivity index (χ0n) is 10.7. The molecule has 1 atom stereocenters. The van der Waals surface area contributed by atoms with Gasteiger partial charge >= 0.3 is 5.97 Å². The van der Waals surface area contributed by atoms with Gasteiger partial charge in [0.25, 0.3) is 0 Å². The minimum Gasteiger partial charge on any atom is -0.508 e. The zero-order chi connectivity index (χ0) is 13.8. The molecule has 19 heavy (non-hydrogen) atoms. The van der Waals surface area contributed by atoms with Crippen LogP contribution in [0.15, 0.2) is 18.2 Å². The van der Waals surface area contributed by atoms with E-state index in [2.05, 4.69) is 0 Å². The monoisotopic (exact) mass is 265 g/mol. The molecule has 1 unspecified atom stereocenters. The summed E-state index contributed by atoms with van der Waals surface area (Å²) < 4.78 is 0. The second-order valence-electron chi connectivity index (χ2n) is 4.99. The predicted octanol–water partition coefficient (Wildman–Crippen LogP) is 1.93. The highest BCUT2D eigenvalue weighted by Crippen LogP contribution is 2.26. The van der Waals surface area contributed by atoms with E-state index in [1.165, 1.54) is 12.1 Å². The van der Waals surface area contributed by atoms with Gasteiger partial charge in [-0.1, -0.05) is 18.9 Å². The molecule has 5 nitrogen and oxygen atoms in total. The molecule has 0 saturated carbocycles. The number of carboxylic acid groups (broad SMARTS) is 1. The molecule has 1 aromatic rings. The van der Waals surface area contributed by atoms with Crippen molar-refractivity contribution in [3.05, 3.63) is 23.8 Å². The minimum absolute atomic E-state index is 0.00639. The first kappa shape index (κ1) is 13.7. The Hall–Kier alpha value is -1.75. The van der Waals surface area contributed by atoms with E-state index in [0.717, 1.165) is 25.8 Å². The summed E-state index contributed by atoms with van der Waals surface area (Å²) in [7, 11) is 0. The van der Waals surface area contributed by atoms with Crippen LogP contribution in [0.5, 0.6) is 11.5 Å².